The molecular formula is C23H21FN6O3. The van der Waals surface area contributed by atoms with E-state index in [0.29, 0.717) is 53.2 Å². The SMILES string of the molecule is CC(O)c1nnc2n1CCN(C(=O)c1cc(Cc3n[nH]c(=O)c4ccccc34)ccc1F)C2. The van der Waals surface area contributed by atoms with E-state index in [1.165, 1.54) is 17.0 Å². The first-order valence-electron chi connectivity index (χ1n) is 10.6. The molecule has 33 heavy (non-hydrogen) atoms. The van der Waals surface area contributed by atoms with Crippen LogP contribution in [-0.2, 0) is 19.5 Å². The van der Waals surface area contributed by atoms with Gasteiger partial charge in [0.25, 0.3) is 11.5 Å². The lowest BCUT2D eigenvalue weighted by molar-refractivity contribution is 0.0698. The predicted molar refractivity (Wildman–Crippen MR) is 117 cm³/mol. The molecular weight excluding hydrogens is 427 g/mol. The van der Waals surface area contributed by atoms with Gasteiger partial charge in [0.2, 0.25) is 0 Å². The number of hydrogen-bond acceptors (Lipinski definition) is 6. The van der Waals surface area contributed by atoms with Gasteiger partial charge in [0.15, 0.2) is 11.6 Å². The molecule has 1 atom stereocenters. The molecule has 1 aliphatic rings. The Balaban J connectivity index is 1.42. The lowest BCUT2D eigenvalue weighted by Crippen LogP contribution is -2.39. The van der Waals surface area contributed by atoms with Gasteiger partial charge in [0.05, 0.1) is 23.2 Å². The molecule has 0 saturated heterocycles. The molecule has 0 saturated carbocycles. The van der Waals surface area contributed by atoms with Crippen LogP contribution >= 0.6 is 0 Å². The number of aliphatic hydroxyl groups excluding tert-OH is 1. The monoisotopic (exact) mass is 448 g/mol. The molecule has 3 heterocycles. The lowest BCUT2D eigenvalue weighted by Gasteiger charge is -2.28. The standard InChI is InChI=1S/C23H21FN6O3/c1-13(31)21-27-26-20-12-29(8-9-30(20)21)23(33)17-10-14(6-7-18(17)24)11-19-15-4-2-3-5-16(15)22(32)28-25-19/h2-7,10,13,31H,8-9,11-12H2,1H3,(H,28,32). The molecule has 0 spiro atoms. The molecule has 10 heteroatoms. The highest BCUT2D eigenvalue weighted by atomic mass is 19.1. The Bertz CT molecular complexity index is 1430. The van der Waals surface area contributed by atoms with Crippen LogP contribution in [0.2, 0.25) is 0 Å². The number of nitrogens with zero attached hydrogens (tertiary/aromatic N) is 5. The summed E-state index contributed by atoms with van der Waals surface area (Å²) < 4.78 is 16.4. The molecule has 1 aliphatic heterocycles. The van der Waals surface area contributed by atoms with Crippen molar-refractivity contribution in [3.8, 4) is 0 Å². The minimum absolute atomic E-state index is 0.0371. The smallest absolute Gasteiger partial charge is 0.272 e. The highest BCUT2D eigenvalue weighted by Crippen LogP contribution is 2.22. The fourth-order valence-corrected chi connectivity index (χ4v) is 4.18. The van der Waals surface area contributed by atoms with Crippen molar-refractivity contribution in [2.75, 3.05) is 6.54 Å². The van der Waals surface area contributed by atoms with Crippen LogP contribution in [0.1, 0.15) is 46.3 Å². The number of carbonyl (C=O) groups excluding carboxylic acids is 1. The van der Waals surface area contributed by atoms with E-state index in [-0.39, 0.29) is 17.7 Å². The van der Waals surface area contributed by atoms with E-state index in [9.17, 15) is 19.1 Å². The van der Waals surface area contributed by atoms with Gasteiger partial charge < -0.3 is 14.6 Å². The minimum Gasteiger partial charge on any atom is -0.385 e. The molecule has 0 radical (unpaired) electrons. The third-order valence-corrected chi connectivity index (χ3v) is 5.85. The Morgan fingerprint density at radius 1 is 1.18 bits per heavy atom. The van der Waals surface area contributed by atoms with Crippen LogP contribution in [0.4, 0.5) is 4.39 Å². The van der Waals surface area contributed by atoms with Crippen molar-refractivity contribution in [1.82, 2.24) is 29.9 Å². The molecule has 2 N–H and O–H groups in total. The summed E-state index contributed by atoms with van der Waals surface area (Å²) in [5, 5.41) is 25.8. The van der Waals surface area contributed by atoms with Gasteiger partial charge in [-0.15, -0.1) is 10.2 Å². The number of carbonyl (C=O) groups is 1. The van der Waals surface area contributed by atoms with E-state index in [2.05, 4.69) is 20.4 Å². The lowest BCUT2D eigenvalue weighted by atomic mass is 10.0. The molecule has 0 fully saturated rings. The Kier molecular flexibility index (Phi) is 5.21. The van der Waals surface area contributed by atoms with E-state index < -0.39 is 17.8 Å². The van der Waals surface area contributed by atoms with Crippen LogP contribution in [0.5, 0.6) is 0 Å². The van der Waals surface area contributed by atoms with Crippen LogP contribution in [0, 0.1) is 5.82 Å². The van der Waals surface area contributed by atoms with Gasteiger partial charge in [-0.25, -0.2) is 9.49 Å². The maximum Gasteiger partial charge on any atom is 0.272 e. The zero-order valence-electron chi connectivity index (χ0n) is 17.8. The van der Waals surface area contributed by atoms with Crippen molar-refractivity contribution >= 4 is 16.7 Å². The fourth-order valence-electron chi connectivity index (χ4n) is 4.18. The van der Waals surface area contributed by atoms with Gasteiger partial charge in [0, 0.05) is 24.9 Å². The Morgan fingerprint density at radius 3 is 2.76 bits per heavy atom. The van der Waals surface area contributed by atoms with Gasteiger partial charge in [-0.1, -0.05) is 24.3 Å². The van der Waals surface area contributed by atoms with Crippen LogP contribution in [0.3, 0.4) is 0 Å². The van der Waals surface area contributed by atoms with E-state index >= 15 is 0 Å². The summed E-state index contributed by atoms with van der Waals surface area (Å²) in [5.74, 6) is -0.0573. The summed E-state index contributed by atoms with van der Waals surface area (Å²) in [4.78, 5) is 26.7. The topological polar surface area (TPSA) is 117 Å². The summed E-state index contributed by atoms with van der Waals surface area (Å²) >= 11 is 0. The molecule has 4 aromatic rings. The number of benzene rings is 2. The van der Waals surface area contributed by atoms with E-state index in [1.54, 1.807) is 29.7 Å². The van der Waals surface area contributed by atoms with Crippen molar-refractivity contribution in [3.05, 3.63) is 87.1 Å². The quantitative estimate of drug-likeness (QED) is 0.493. The number of aromatic nitrogens is 5. The Labute approximate surface area is 187 Å². The molecule has 1 unspecified atom stereocenters. The summed E-state index contributed by atoms with van der Waals surface area (Å²) in [6, 6.07) is 11.5. The average molecular weight is 448 g/mol. The van der Waals surface area contributed by atoms with Crippen molar-refractivity contribution in [2.24, 2.45) is 0 Å². The normalized spacial score (nSPS) is 14.3. The van der Waals surface area contributed by atoms with Crippen molar-refractivity contribution in [3.63, 3.8) is 0 Å². The van der Waals surface area contributed by atoms with Gasteiger partial charge >= 0.3 is 0 Å². The first-order chi connectivity index (χ1) is 15.9. The summed E-state index contributed by atoms with van der Waals surface area (Å²) in [5.41, 5.74) is 1.01. The predicted octanol–water partition coefficient (Wildman–Crippen LogP) is 1.95. The largest absolute Gasteiger partial charge is 0.385 e. The zero-order chi connectivity index (χ0) is 23.1. The summed E-state index contributed by atoms with van der Waals surface area (Å²) in [6.07, 6.45) is -0.440. The van der Waals surface area contributed by atoms with Crippen LogP contribution in [-0.4, -0.2) is 47.4 Å². The number of aromatic amines is 1. The van der Waals surface area contributed by atoms with Crippen LogP contribution in [0.15, 0.2) is 47.3 Å². The first kappa shape index (κ1) is 21.0. The van der Waals surface area contributed by atoms with Crippen LogP contribution in [0.25, 0.3) is 10.8 Å². The van der Waals surface area contributed by atoms with Crippen LogP contribution < -0.4 is 5.56 Å². The fraction of sp³-hybridized carbons (Fsp3) is 0.261. The van der Waals surface area contributed by atoms with Crippen molar-refractivity contribution in [1.29, 1.82) is 0 Å². The van der Waals surface area contributed by atoms with Gasteiger partial charge in [-0.3, -0.25) is 9.59 Å². The third-order valence-electron chi connectivity index (χ3n) is 5.85. The summed E-state index contributed by atoms with van der Waals surface area (Å²) in [6.45, 7) is 2.55. The summed E-state index contributed by atoms with van der Waals surface area (Å²) in [7, 11) is 0. The number of halogens is 1. The van der Waals surface area contributed by atoms with Crippen molar-refractivity contribution < 1.29 is 14.3 Å². The first-order valence-corrected chi connectivity index (χ1v) is 10.6. The molecule has 9 nitrogen and oxygen atoms in total. The number of fused-ring (bicyclic) bond motifs is 2. The second-order valence-corrected chi connectivity index (χ2v) is 8.06. The van der Waals surface area contributed by atoms with E-state index in [0.717, 1.165) is 0 Å². The maximum absolute atomic E-state index is 14.6. The second-order valence-electron chi connectivity index (χ2n) is 8.06. The number of hydrogen-bond donors (Lipinski definition) is 2. The molecule has 2 aromatic heterocycles. The second kappa shape index (κ2) is 8.21. The number of rotatable bonds is 4. The molecule has 0 bridgehead atoms. The van der Waals surface area contributed by atoms with Gasteiger partial charge in [-0.2, -0.15) is 5.10 Å². The number of nitrogens with one attached hydrogen (secondary N) is 1. The van der Waals surface area contributed by atoms with Crippen molar-refractivity contribution in [2.45, 2.75) is 32.5 Å². The van der Waals surface area contributed by atoms with E-state index in [1.807, 2.05) is 12.1 Å². The van der Waals surface area contributed by atoms with Gasteiger partial charge in [0.1, 0.15) is 11.9 Å². The number of aliphatic hydroxyl groups is 1. The molecule has 168 valence electrons. The highest BCUT2D eigenvalue weighted by molar-refractivity contribution is 5.94. The highest BCUT2D eigenvalue weighted by Gasteiger charge is 2.28. The molecule has 2 aromatic carbocycles. The van der Waals surface area contributed by atoms with Gasteiger partial charge in [-0.05, 0) is 30.7 Å². The molecule has 1 amide bonds. The molecule has 5 rings (SSSR count). The minimum atomic E-state index is -0.764. The molecule has 0 aliphatic carbocycles. The Morgan fingerprint density at radius 2 is 1.97 bits per heavy atom. The zero-order valence-corrected chi connectivity index (χ0v) is 17.8. The number of H-pyrrole nitrogens is 1. The third kappa shape index (κ3) is 3.78. The maximum atomic E-state index is 14.6. The average Bonchev–Trinajstić information content (AvgIpc) is 3.25. The van der Waals surface area contributed by atoms with E-state index in [4.69, 9.17) is 0 Å². The Hall–Kier alpha value is -3.92. The number of amides is 1.